The molecule has 0 spiro atoms. The first-order valence-electron chi connectivity index (χ1n) is 7.82. The van der Waals surface area contributed by atoms with Gasteiger partial charge in [-0.1, -0.05) is 23.7 Å². The maximum atomic E-state index is 12.8. The predicted octanol–water partition coefficient (Wildman–Crippen LogP) is 3.60. The first-order chi connectivity index (χ1) is 11.3. The molecule has 1 fully saturated rings. The summed E-state index contributed by atoms with van der Waals surface area (Å²) in [5.41, 5.74) is 1.06. The maximum absolute atomic E-state index is 12.8. The zero-order chi connectivity index (χ0) is 17.7. The summed E-state index contributed by atoms with van der Waals surface area (Å²) < 4.78 is 38.4. The SMILES string of the molecule is CN=C(NCc1ccc(Cl)cc1)N1CCN(C(C)C(F)(F)F)CC1.I. The second-order valence-electron chi connectivity index (χ2n) is 5.77. The average molecular weight is 491 g/mol. The van der Waals surface area contributed by atoms with Gasteiger partial charge in [0, 0.05) is 44.8 Å². The molecule has 2 rings (SSSR count). The standard InChI is InChI=1S/C16H22ClF3N4.HI/c1-12(16(18,19)20)23-7-9-24(10-8-23)15(21-2)22-11-13-3-5-14(17)6-4-13;/h3-6,12H,7-11H2,1-2H3,(H,21,22);1H. The molecule has 0 amide bonds. The molecule has 1 N–H and O–H groups in total. The van der Waals surface area contributed by atoms with Gasteiger partial charge >= 0.3 is 6.18 Å². The second-order valence-corrected chi connectivity index (χ2v) is 6.20. The number of rotatable bonds is 3. The molecule has 1 heterocycles. The Kier molecular flexibility index (Phi) is 8.76. The Morgan fingerprint density at radius 2 is 1.76 bits per heavy atom. The van der Waals surface area contributed by atoms with Crippen molar-refractivity contribution in [3.63, 3.8) is 0 Å². The molecule has 1 aliphatic rings. The first kappa shape index (κ1) is 22.3. The lowest BCUT2D eigenvalue weighted by atomic mass is 10.2. The average Bonchev–Trinajstić information content (AvgIpc) is 2.56. The Morgan fingerprint density at radius 1 is 1.20 bits per heavy atom. The number of hydrogen-bond donors (Lipinski definition) is 1. The number of halogens is 5. The van der Waals surface area contributed by atoms with Crippen molar-refractivity contribution in [3.05, 3.63) is 34.9 Å². The van der Waals surface area contributed by atoms with Crippen molar-refractivity contribution in [2.45, 2.75) is 25.7 Å². The van der Waals surface area contributed by atoms with Gasteiger partial charge in [0.25, 0.3) is 0 Å². The topological polar surface area (TPSA) is 30.9 Å². The van der Waals surface area contributed by atoms with Crippen LogP contribution < -0.4 is 5.32 Å². The van der Waals surface area contributed by atoms with Gasteiger partial charge in [-0.3, -0.25) is 9.89 Å². The van der Waals surface area contributed by atoms with Crippen LogP contribution in [0.5, 0.6) is 0 Å². The zero-order valence-electron chi connectivity index (χ0n) is 14.2. The van der Waals surface area contributed by atoms with Crippen LogP contribution in [0.25, 0.3) is 0 Å². The number of nitrogens with one attached hydrogen (secondary N) is 1. The molecule has 0 aliphatic carbocycles. The quantitative estimate of drug-likeness (QED) is 0.399. The van der Waals surface area contributed by atoms with Gasteiger partial charge in [0.2, 0.25) is 0 Å². The molecule has 1 atom stereocenters. The van der Waals surface area contributed by atoms with Gasteiger partial charge in [-0.05, 0) is 24.6 Å². The fourth-order valence-electron chi connectivity index (χ4n) is 2.64. The van der Waals surface area contributed by atoms with E-state index in [1.54, 1.807) is 7.05 Å². The van der Waals surface area contributed by atoms with Gasteiger partial charge in [-0.15, -0.1) is 24.0 Å². The molecule has 0 bridgehead atoms. The van der Waals surface area contributed by atoms with E-state index in [4.69, 9.17) is 11.6 Å². The van der Waals surface area contributed by atoms with Crippen LogP contribution in [0, 0.1) is 0 Å². The van der Waals surface area contributed by atoms with Crippen LogP contribution in [0.2, 0.25) is 5.02 Å². The molecule has 1 saturated heterocycles. The molecule has 25 heavy (non-hydrogen) atoms. The Morgan fingerprint density at radius 3 is 2.24 bits per heavy atom. The molecule has 0 saturated carbocycles. The Balaban J connectivity index is 0.00000312. The number of benzene rings is 1. The van der Waals surface area contributed by atoms with Crippen LogP contribution in [-0.2, 0) is 6.54 Å². The van der Waals surface area contributed by atoms with Crippen molar-refractivity contribution < 1.29 is 13.2 Å². The van der Waals surface area contributed by atoms with E-state index in [9.17, 15) is 13.2 Å². The highest BCUT2D eigenvalue weighted by molar-refractivity contribution is 14.0. The fourth-order valence-corrected chi connectivity index (χ4v) is 2.77. The van der Waals surface area contributed by atoms with Gasteiger partial charge < -0.3 is 10.2 Å². The van der Waals surface area contributed by atoms with Gasteiger partial charge in [-0.2, -0.15) is 13.2 Å². The number of nitrogens with zero attached hydrogens (tertiary/aromatic N) is 3. The van der Waals surface area contributed by atoms with E-state index in [-0.39, 0.29) is 24.0 Å². The number of hydrogen-bond acceptors (Lipinski definition) is 2. The third kappa shape index (κ3) is 6.49. The van der Waals surface area contributed by atoms with Crippen molar-refractivity contribution in [1.82, 2.24) is 15.1 Å². The smallest absolute Gasteiger partial charge is 0.352 e. The Labute approximate surface area is 168 Å². The molecular weight excluding hydrogens is 468 g/mol. The van der Waals surface area contributed by atoms with Crippen LogP contribution in [0.15, 0.2) is 29.3 Å². The Hall–Kier alpha value is -0.740. The highest BCUT2D eigenvalue weighted by atomic mass is 127. The van der Waals surface area contributed by atoms with E-state index in [1.165, 1.54) is 11.8 Å². The van der Waals surface area contributed by atoms with Crippen molar-refractivity contribution in [2.24, 2.45) is 4.99 Å². The van der Waals surface area contributed by atoms with Crippen molar-refractivity contribution >= 4 is 41.5 Å². The molecule has 0 radical (unpaired) electrons. The minimum Gasteiger partial charge on any atom is -0.352 e. The summed E-state index contributed by atoms with van der Waals surface area (Å²) in [5.74, 6) is 0.698. The van der Waals surface area contributed by atoms with Gasteiger partial charge in [0.15, 0.2) is 5.96 Å². The largest absolute Gasteiger partial charge is 0.403 e. The summed E-state index contributed by atoms with van der Waals surface area (Å²) in [4.78, 5) is 7.67. The minimum absolute atomic E-state index is 0. The summed E-state index contributed by atoms with van der Waals surface area (Å²) in [6.07, 6.45) is -4.18. The van der Waals surface area contributed by atoms with E-state index in [0.29, 0.717) is 43.7 Å². The lowest BCUT2D eigenvalue weighted by molar-refractivity contribution is -0.181. The lowest BCUT2D eigenvalue weighted by Crippen LogP contribution is -2.56. The summed E-state index contributed by atoms with van der Waals surface area (Å²) in [5, 5.41) is 3.92. The lowest BCUT2D eigenvalue weighted by Gasteiger charge is -2.39. The number of guanidine groups is 1. The molecule has 1 aliphatic heterocycles. The van der Waals surface area contributed by atoms with Crippen LogP contribution in [0.4, 0.5) is 13.2 Å². The monoisotopic (exact) mass is 490 g/mol. The third-order valence-electron chi connectivity index (χ3n) is 4.21. The summed E-state index contributed by atoms with van der Waals surface area (Å²) in [6, 6.07) is 6.07. The van der Waals surface area contributed by atoms with Gasteiger partial charge in [0.05, 0.1) is 0 Å². The second kappa shape index (κ2) is 9.82. The highest BCUT2D eigenvalue weighted by Gasteiger charge is 2.41. The van der Waals surface area contributed by atoms with E-state index in [2.05, 4.69) is 10.3 Å². The summed E-state index contributed by atoms with van der Waals surface area (Å²) >= 11 is 5.86. The molecule has 1 unspecified atom stereocenters. The molecule has 9 heteroatoms. The third-order valence-corrected chi connectivity index (χ3v) is 4.46. The first-order valence-corrected chi connectivity index (χ1v) is 8.20. The normalized spacial score (nSPS) is 17.8. The maximum Gasteiger partial charge on any atom is 0.403 e. The van der Waals surface area contributed by atoms with Crippen molar-refractivity contribution in [3.8, 4) is 0 Å². The summed E-state index contributed by atoms with van der Waals surface area (Å²) in [6.45, 7) is 3.55. The minimum atomic E-state index is -4.18. The van der Waals surface area contributed by atoms with E-state index < -0.39 is 12.2 Å². The van der Waals surface area contributed by atoms with Crippen LogP contribution in [0.3, 0.4) is 0 Å². The number of aliphatic imine (C=N–C) groups is 1. The van der Waals surface area contributed by atoms with Gasteiger partial charge in [-0.25, -0.2) is 0 Å². The molecular formula is C16H23ClF3IN4. The van der Waals surface area contributed by atoms with Crippen LogP contribution in [-0.4, -0.2) is 61.2 Å². The van der Waals surface area contributed by atoms with E-state index >= 15 is 0 Å². The predicted molar refractivity (Wildman–Crippen MR) is 106 cm³/mol. The Bertz CT molecular complexity index is 557. The summed E-state index contributed by atoms with van der Waals surface area (Å²) in [7, 11) is 1.68. The van der Waals surface area contributed by atoms with Crippen molar-refractivity contribution in [2.75, 3.05) is 33.2 Å². The molecule has 1 aromatic carbocycles. The highest BCUT2D eigenvalue weighted by Crippen LogP contribution is 2.25. The number of alkyl halides is 3. The van der Waals surface area contributed by atoms with Crippen molar-refractivity contribution in [1.29, 1.82) is 0 Å². The van der Waals surface area contributed by atoms with Gasteiger partial charge in [0.1, 0.15) is 6.04 Å². The van der Waals surface area contributed by atoms with E-state index in [0.717, 1.165) is 5.56 Å². The zero-order valence-corrected chi connectivity index (χ0v) is 17.3. The van der Waals surface area contributed by atoms with Crippen LogP contribution >= 0.6 is 35.6 Å². The fraction of sp³-hybridized carbons (Fsp3) is 0.562. The molecule has 142 valence electrons. The van der Waals surface area contributed by atoms with Crippen LogP contribution in [0.1, 0.15) is 12.5 Å². The van der Waals surface area contributed by atoms with E-state index in [1.807, 2.05) is 29.2 Å². The number of piperazine rings is 1. The molecule has 0 aromatic heterocycles. The molecule has 4 nitrogen and oxygen atoms in total. The molecule has 1 aromatic rings.